The number of ether oxygens (including phenoxy) is 3. The van der Waals surface area contributed by atoms with Crippen molar-refractivity contribution in [2.45, 2.75) is 38.8 Å². The number of para-hydroxylation sites is 1. The number of esters is 1. The van der Waals surface area contributed by atoms with E-state index in [-0.39, 0.29) is 18.1 Å². The lowest BCUT2D eigenvalue weighted by molar-refractivity contribution is 0.0526. The van der Waals surface area contributed by atoms with E-state index in [2.05, 4.69) is 52.8 Å². The van der Waals surface area contributed by atoms with Gasteiger partial charge in [-0.05, 0) is 104 Å². The van der Waals surface area contributed by atoms with Crippen LogP contribution in [0.15, 0.2) is 84.9 Å². The van der Waals surface area contributed by atoms with Crippen LogP contribution in [0.1, 0.15) is 36.7 Å². The highest BCUT2D eigenvalue weighted by atomic mass is 127. The Labute approximate surface area is 259 Å². The summed E-state index contributed by atoms with van der Waals surface area (Å²) in [4.78, 5) is 15.4. The standard InChI is InChI=1S/C34H35IN2O5/c1-4-40-33(39)23-14-17-30(27(35)18-23)42-25-15-12-22(13-16-25)19-34(2,3)36-20-24(38)21-41-31-11-7-10-29-32(31)26-8-5-6-9-28(26)37-29/h5-18,24,36-38H,4,19-21H2,1-3H3/t24-/m0/s1. The second-order valence-electron chi connectivity index (χ2n) is 10.9. The summed E-state index contributed by atoms with van der Waals surface area (Å²) < 4.78 is 18.0. The first-order chi connectivity index (χ1) is 20.2. The van der Waals surface area contributed by atoms with Crippen molar-refractivity contribution in [3.05, 3.63) is 99.6 Å². The Kier molecular flexibility index (Phi) is 9.35. The van der Waals surface area contributed by atoms with Crippen molar-refractivity contribution in [2.75, 3.05) is 19.8 Å². The Balaban J connectivity index is 1.13. The number of hydrogen-bond donors (Lipinski definition) is 3. The first-order valence-electron chi connectivity index (χ1n) is 14.0. The molecule has 4 aromatic carbocycles. The molecule has 218 valence electrons. The highest BCUT2D eigenvalue weighted by Crippen LogP contribution is 2.33. The lowest BCUT2D eigenvalue weighted by Crippen LogP contribution is -2.46. The number of H-pyrrole nitrogens is 1. The fourth-order valence-corrected chi connectivity index (χ4v) is 5.55. The number of nitrogens with one attached hydrogen (secondary N) is 2. The molecule has 5 rings (SSSR count). The van der Waals surface area contributed by atoms with Gasteiger partial charge >= 0.3 is 5.97 Å². The fourth-order valence-electron chi connectivity index (χ4n) is 4.93. The summed E-state index contributed by atoms with van der Waals surface area (Å²) in [5.41, 5.74) is 3.47. The van der Waals surface area contributed by atoms with Gasteiger partial charge < -0.3 is 29.6 Å². The first-order valence-corrected chi connectivity index (χ1v) is 15.1. The zero-order valence-corrected chi connectivity index (χ0v) is 26.1. The average Bonchev–Trinajstić information content (AvgIpc) is 3.36. The van der Waals surface area contributed by atoms with Crippen molar-refractivity contribution in [1.29, 1.82) is 0 Å². The van der Waals surface area contributed by atoms with Crippen molar-refractivity contribution in [1.82, 2.24) is 10.3 Å². The summed E-state index contributed by atoms with van der Waals surface area (Å²) in [5, 5.41) is 16.3. The van der Waals surface area contributed by atoms with E-state index < -0.39 is 6.10 Å². The van der Waals surface area contributed by atoms with Gasteiger partial charge in [0, 0.05) is 28.4 Å². The van der Waals surface area contributed by atoms with Crippen LogP contribution in [-0.4, -0.2) is 47.5 Å². The Hall–Kier alpha value is -3.60. The van der Waals surface area contributed by atoms with Gasteiger partial charge in [0.05, 0.1) is 21.3 Å². The van der Waals surface area contributed by atoms with E-state index in [0.29, 0.717) is 30.2 Å². The number of aliphatic hydroxyl groups excluding tert-OH is 1. The summed E-state index contributed by atoms with van der Waals surface area (Å²) >= 11 is 2.16. The average molecular weight is 679 g/mol. The molecule has 0 amide bonds. The SMILES string of the molecule is CCOC(=O)c1ccc(Oc2ccc(CC(C)(C)NC[C@H](O)COc3cccc4[nH]c5ccccc5c34)cc2)c(I)c1. The van der Waals surface area contributed by atoms with E-state index in [1.807, 2.05) is 60.7 Å². The smallest absolute Gasteiger partial charge is 0.338 e. The number of hydrogen-bond acceptors (Lipinski definition) is 6. The number of carbonyl (C=O) groups is 1. The predicted molar refractivity (Wildman–Crippen MR) is 175 cm³/mol. The summed E-state index contributed by atoms with van der Waals surface area (Å²) in [7, 11) is 0. The van der Waals surface area contributed by atoms with Crippen molar-refractivity contribution < 1.29 is 24.1 Å². The minimum Gasteiger partial charge on any atom is -0.490 e. The Morgan fingerprint density at radius 2 is 1.74 bits per heavy atom. The summed E-state index contributed by atoms with van der Waals surface area (Å²) in [5.74, 6) is 1.81. The van der Waals surface area contributed by atoms with E-state index in [0.717, 1.165) is 43.1 Å². The molecule has 0 spiro atoms. The van der Waals surface area contributed by atoms with Gasteiger partial charge in [-0.2, -0.15) is 0 Å². The summed E-state index contributed by atoms with van der Waals surface area (Å²) in [6, 6.07) is 27.3. The maximum Gasteiger partial charge on any atom is 0.338 e. The fraction of sp³-hybridized carbons (Fsp3) is 0.265. The molecule has 7 nitrogen and oxygen atoms in total. The van der Waals surface area contributed by atoms with Gasteiger partial charge in [-0.1, -0.05) is 36.4 Å². The van der Waals surface area contributed by atoms with E-state index >= 15 is 0 Å². The molecule has 1 aromatic heterocycles. The molecule has 0 unspecified atom stereocenters. The normalized spacial score (nSPS) is 12.4. The van der Waals surface area contributed by atoms with E-state index in [1.165, 1.54) is 0 Å². The van der Waals surface area contributed by atoms with Crippen LogP contribution >= 0.6 is 22.6 Å². The Morgan fingerprint density at radius 3 is 2.50 bits per heavy atom. The number of benzene rings is 4. The molecule has 5 aromatic rings. The number of aromatic nitrogens is 1. The van der Waals surface area contributed by atoms with Crippen LogP contribution in [-0.2, 0) is 11.2 Å². The second-order valence-corrected chi connectivity index (χ2v) is 12.0. The molecule has 0 bridgehead atoms. The molecule has 1 heterocycles. The highest BCUT2D eigenvalue weighted by molar-refractivity contribution is 14.1. The quantitative estimate of drug-likeness (QED) is 0.0952. The molecule has 0 saturated heterocycles. The predicted octanol–water partition coefficient (Wildman–Crippen LogP) is 7.25. The van der Waals surface area contributed by atoms with Gasteiger partial charge in [-0.3, -0.25) is 0 Å². The molecule has 0 fully saturated rings. The molecular weight excluding hydrogens is 643 g/mol. The molecule has 0 saturated carbocycles. The largest absolute Gasteiger partial charge is 0.490 e. The van der Waals surface area contributed by atoms with Crippen LogP contribution < -0.4 is 14.8 Å². The summed E-state index contributed by atoms with van der Waals surface area (Å²) in [6.07, 6.45) is 0.0968. The highest BCUT2D eigenvalue weighted by Gasteiger charge is 2.20. The first kappa shape index (κ1) is 29.9. The molecule has 0 radical (unpaired) electrons. The molecule has 8 heteroatoms. The molecule has 1 atom stereocenters. The molecule has 3 N–H and O–H groups in total. The molecule has 0 aliphatic carbocycles. The van der Waals surface area contributed by atoms with Crippen molar-refractivity contribution in [3.63, 3.8) is 0 Å². The lowest BCUT2D eigenvalue weighted by Gasteiger charge is -2.28. The second kappa shape index (κ2) is 13.1. The maximum atomic E-state index is 12.0. The summed E-state index contributed by atoms with van der Waals surface area (Å²) in [6.45, 7) is 6.95. The van der Waals surface area contributed by atoms with E-state index in [9.17, 15) is 9.90 Å². The van der Waals surface area contributed by atoms with Crippen LogP contribution in [0.4, 0.5) is 0 Å². The van der Waals surface area contributed by atoms with Gasteiger partial charge in [0.15, 0.2) is 0 Å². The minimum absolute atomic E-state index is 0.188. The lowest BCUT2D eigenvalue weighted by atomic mass is 9.94. The number of carbonyl (C=O) groups excluding carboxylic acids is 1. The zero-order chi connectivity index (χ0) is 29.7. The van der Waals surface area contributed by atoms with Gasteiger partial charge in [0.25, 0.3) is 0 Å². The van der Waals surface area contributed by atoms with Crippen LogP contribution in [0.2, 0.25) is 0 Å². The van der Waals surface area contributed by atoms with Crippen LogP contribution in [0, 0.1) is 3.57 Å². The monoisotopic (exact) mass is 678 g/mol. The van der Waals surface area contributed by atoms with Gasteiger partial charge in [0.2, 0.25) is 0 Å². The van der Waals surface area contributed by atoms with Crippen molar-refractivity contribution in [3.8, 4) is 17.2 Å². The number of aromatic amines is 1. The molecular formula is C34H35IN2O5. The zero-order valence-electron chi connectivity index (χ0n) is 23.9. The van der Waals surface area contributed by atoms with Crippen molar-refractivity contribution >= 4 is 50.4 Å². The number of β-amino-alcohol motifs (C(OH)–C–C–N with tert-alkyl or cyclic N) is 1. The number of rotatable bonds is 12. The van der Waals surface area contributed by atoms with Crippen LogP contribution in [0.3, 0.4) is 0 Å². The topological polar surface area (TPSA) is 92.8 Å². The Bertz CT molecular complexity index is 1680. The molecule has 0 aliphatic heterocycles. The van der Waals surface area contributed by atoms with Gasteiger partial charge in [-0.25, -0.2) is 4.79 Å². The van der Waals surface area contributed by atoms with Gasteiger partial charge in [0.1, 0.15) is 30.0 Å². The number of halogens is 1. The maximum absolute atomic E-state index is 12.0. The van der Waals surface area contributed by atoms with E-state index in [4.69, 9.17) is 14.2 Å². The minimum atomic E-state index is -0.668. The molecule has 42 heavy (non-hydrogen) atoms. The number of aliphatic hydroxyl groups is 1. The molecule has 0 aliphatic rings. The Morgan fingerprint density at radius 1 is 0.976 bits per heavy atom. The third kappa shape index (κ3) is 7.24. The van der Waals surface area contributed by atoms with Crippen molar-refractivity contribution in [2.24, 2.45) is 0 Å². The third-order valence-corrected chi connectivity index (χ3v) is 7.82. The van der Waals surface area contributed by atoms with Crippen LogP contribution in [0.25, 0.3) is 21.8 Å². The third-order valence-electron chi connectivity index (χ3n) is 6.98. The van der Waals surface area contributed by atoms with Crippen LogP contribution in [0.5, 0.6) is 17.2 Å². The van der Waals surface area contributed by atoms with E-state index in [1.54, 1.807) is 25.1 Å². The van der Waals surface area contributed by atoms with Gasteiger partial charge in [-0.15, -0.1) is 0 Å². The number of fused-ring (bicyclic) bond motifs is 3.